The van der Waals surface area contributed by atoms with E-state index in [1.165, 1.54) is 18.2 Å². The summed E-state index contributed by atoms with van der Waals surface area (Å²) in [5, 5.41) is 13.7. The van der Waals surface area contributed by atoms with Crippen molar-refractivity contribution in [2.24, 2.45) is 0 Å². The Hall–Kier alpha value is -2.21. The van der Waals surface area contributed by atoms with Gasteiger partial charge in [-0.2, -0.15) is 0 Å². The Morgan fingerprint density at radius 3 is 2.95 bits per heavy atom. The lowest BCUT2D eigenvalue weighted by Gasteiger charge is -2.18. The molecule has 0 spiro atoms. The number of nitrogens with zero attached hydrogens (tertiary/aromatic N) is 1. The summed E-state index contributed by atoms with van der Waals surface area (Å²) in [6.45, 7) is 2.63. The zero-order valence-corrected chi connectivity index (χ0v) is 11.8. The molecule has 2 unspecified atom stereocenters. The van der Waals surface area contributed by atoms with Crippen LogP contribution in [0.2, 0.25) is 0 Å². The Kier molecular flexibility index (Phi) is 5.05. The van der Waals surface area contributed by atoms with Crippen LogP contribution in [0.5, 0.6) is 0 Å². The summed E-state index contributed by atoms with van der Waals surface area (Å²) < 4.78 is 5.50. The molecule has 6 nitrogen and oxygen atoms in total. The smallest absolute Gasteiger partial charge is 0.276 e. The lowest BCUT2D eigenvalue weighted by molar-refractivity contribution is -0.385. The lowest BCUT2D eigenvalue weighted by atomic mass is 10.1. The van der Waals surface area contributed by atoms with E-state index in [4.69, 9.17) is 4.74 Å². The van der Waals surface area contributed by atoms with E-state index in [9.17, 15) is 14.9 Å². The standard InChI is InChI=1S/C15H18N2O4/c1-11(14-7-4-10-21-14)16-15(18)9-8-12-5-2-3-6-13(12)17(19)20/h2-3,5-6,8-9,11,14H,4,7,10H2,1H3,(H,16,18)/b9-8+. The molecule has 0 aliphatic carbocycles. The third-order valence-corrected chi connectivity index (χ3v) is 3.44. The normalized spacial score (nSPS) is 19.6. The zero-order valence-electron chi connectivity index (χ0n) is 11.8. The predicted molar refractivity (Wildman–Crippen MR) is 78.7 cm³/mol. The van der Waals surface area contributed by atoms with Crippen LogP contribution < -0.4 is 5.32 Å². The number of hydrogen-bond acceptors (Lipinski definition) is 4. The van der Waals surface area contributed by atoms with Gasteiger partial charge in [0.2, 0.25) is 5.91 Å². The van der Waals surface area contributed by atoms with Crippen LogP contribution in [0.15, 0.2) is 30.3 Å². The summed E-state index contributed by atoms with van der Waals surface area (Å²) >= 11 is 0. The van der Waals surface area contributed by atoms with Crippen LogP contribution in [-0.4, -0.2) is 29.6 Å². The van der Waals surface area contributed by atoms with Crippen molar-refractivity contribution in [3.05, 3.63) is 46.0 Å². The van der Waals surface area contributed by atoms with Crippen LogP contribution in [0.1, 0.15) is 25.3 Å². The molecule has 112 valence electrons. The van der Waals surface area contributed by atoms with Crippen molar-refractivity contribution in [1.29, 1.82) is 0 Å². The van der Waals surface area contributed by atoms with Gasteiger partial charge in [0.1, 0.15) is 0 Å². The van der Waals surface area contributed by atoms with Crippen molar-refractivity contribution in [1.82, 2.24) is 5.32 Å². The first-order valence-corrected chi connectivity index (χ1v) is 6.91. The van der Waals surface area contributed by atoms with Crippen molar-refractivity contribution < 1.29 is 14.5 Å². The van der Waals surface area contributed by atoms with Crippen LogP contribution in [0, 0.1) is 10.1 Å². The maximum Gasteiger partial charge on any atom is 0.276 e. The molecule has 1 N–H and O–H groups in total. The first-order chi connectivity index (χ1) is 10.1. The summed E-state index contributed by atoms with van der Waals surface area (Å²) in [5.41, 5.74) is 0.385. The molecule has 2 rings (SSSR count). The van der Waals surface area contributed by atoms with E-state index in [1.807, 2.05) is 6.92 Å². The first kappa shape index (κ1) is 15.2. The number of para-hydroxylation sites is 1. The number of carbonyl (C=O) groups is 1. The predicted octanol–water partition coefficient (Wildman–Crippen LogP) is 2.29. The van der Waals surface area contributed by atoms with E-state index in [0.717, 1.165) is 19.4 Å². The van der Waals surface area contributed by atoms with E-state index >= 15 is 0 Å². The van der Waals surface area contributed by atoms with Crippen LogP contribution in [0.3, 0.4) is 0 Å². The molecule has 1 saturated heterocycles. The molecule has 1 heterocycles. The molecule has 1 aliphatic heterocycles. The summed E-state index contributed by atoms with van der Waals surface area (Å²) in [5.74, 6) is -0.281. The number of nitro benzene ring substituents is 1. The van der Waals surface area contributed by atoms with Crippen LogP contribution in [-0.2, 0) is 9.53 Å². The van der Waals surface area contributed by atoms with E-state index in [0.29, 0.717) is 5.56 Å². The molecule has 1 aliphatic rings. The van der Waals surface area contributed by atoms with Gasteiger partial charge in [-0.3, -0.25) is 14.9 Å². The second-order valence-electron chi connectivity index (χ2n) is 5.00. The van der Waals surface area contributed by atoms with Gasteiger partial charge in [0.15, 0.2) is 0 Å². The van der Waals surface area contributed by atoms with E-state index in [2.05, 4.69) is 5.32 Å². The lowest BCUT2D eigenvalue weighted by Crippen LogP contribution is -2.40. The molecule has 1 aromatic carbocycles. The maximum absolute atomic E-state index is 11.8. The number of hydrogen-bond donors (Lipinski definition) is 1. The van der Waals surface area contributed by atoms with Crippen molar-refractivity contribution in [2.45, 2.75) is 31.9 Å². The van der Waals surface area contributed by atoms with Gasteiger partial charge in [-0.25, -0.2) is 0 Å². The fourth-order valence-corrected chi connectivity index (χ4v) is 2.32. The maximum atomic E-state index is 11.8. The van der Waals surface area contributed by atoms with Gasteiger partial charge in [0.25, 0.3) is 5.69 Å². The van der Waals surface area contributed by atoms with Crippen molar-refractivity contribution >= 4 is 17.7 Å². The second-order valence-corrected chi connectivity index (χ2v) is 5.00. The van der Waals surface area contributed by atoms with Gasteiger partial charge in [-0.05, 0) is 31.9 Å². The minimum atomic E-state index is -0.466. The molecule has 0 saturated carbocycles. The average molecular weight is 290 g/mol. The molecule has 1 fully saturated rings. The highest BCUT2D eigenvalue weighted by atomic mass is 16.6. The number of nitrogens with one attached hydrogen (secondary N) is 1. The van der Waals surface area contributed by atoms with Gasteiger partial charge < -0.3 is 10.1 Å². The fraction of sp³-hybridized carbons (Fsp3) is 0.400. The van der Waals surface area contributed by atoms with Gasteiger partial charge in [-0.1, -0.05) is 12.1 Å². The Morgan fingerprint density at radius 1 is 1.52 bits per heavy atom. The largest absolute Gasteiger partial charge is 0.376 e. The highest BCUT2D eigenvalue weighted by molar-refractivity contribution is 5.92. The SMILES string of the molecule is CC(NC(=O)/C=C/c1ccccc1[N+](=O)[O-])C1CCCO1. The highest BCUT2D eigenvalue weighted by Gasteiger charge is 2.23. The van der Waals surface area contributed by atoms with Crippen LogP contribution in [0.4, 0.5) is 5.69 Å². The van der Waals surface area contributed by atoms with Gasteiger partial charge in [0, 0.05) is 18.7 Å². The second kappa shape index (κ2) is 6.99. The van der Waals surface area contributed by atoms with Crippen LogP contribution >= 0.6 is 0 Å². The first-order valence-electron chi connectivity index (χ1n) is 6.91. The van der Waals surface area contributed by atoms with Gasteiger partial charge in [-0.15, -0.1) is 0 Å². The van der Waals surface area contributed by atoms with E-state index in [-0.39, 0.29) is 23.7 Å². The molecule has 0 radical (unpaired) electrons. The number of rotatable bonds is 5. The fourth-order valence-electron chi connectivity index (χ4n) is 2.32. The third kappa shape index (κ3) is 4.13. The quantitative estimate of drug-likeness (QED) is 0.512. The molecule has 1 amide bonds. The molecule has 6 heteroatoms. The molecule has 0 bridgehead atoms. The summed E-state index contributed by atoms with van der Waals surface area (Å²) in [7, 11) is 0. The van der Waals surface area contributed by atoms with Crippen LogP contribution in [0.25, 0.3) is 6.08 Å². The highest BCUT2D eigenvalue weighted by Crippen LogP contribution is 2.19. The topological polar surface area (TPSA) is 81.5 Å². The molecule has 2 atom stereocenters. The molecular weight excluding hydrogens is 272 g/mol. The Balaban J connectivity index is 1.97. The van der Waals surface area contributed by atoms with E-state index < -0.39 is 4.92 Å². The third-order valence-electron chi connectivity index (χ3n) is 3.44. The van der Waals surface area contributed by atoms with Crippen molar-refractivity contribution in [2.75, 3.05) is 6.61 Å². The number of carbonyl (C=O) groups excluding carboxylic acids is 1. The summed E-state index contributed by atoms with van der Waals surface area (Å²) in [6, 6.07) is 6.22. The van der Waals surface area contributed by atoms with Crippen molar-refractivity contribution in [3.63, 3.8) is 0 Å². The number of benzene rings is 1. The van der Waals surface area contributed by atoms with Crippen molar-refractivity contribution in [3.8, 4) is 0 Å². The monoisotopic (exact) mass is 290 g/mol. The molecular formula is C15H18N2O4. The van der Waals surface area contributed by atoms with E-state index in [1.54, 1.807) is 18.2 Å². The molecule has 1 aromatic rings. The Morgan fingerprint density at radius 2 is 2.29 bits per heavy atom. The Labute approximate surface area is 122 Å². The summed E-state index contributed by atoms with van der Waals surface area (Å²) in [6.07, 6.45) is 4.77. The Bertz CT molecular complexity index is 550. The van der Waals surface area contributed by atoms with Gasteiger partial charge in [0.05, 0.1) is 22.6 Å². The number of amides is 1. The van der Waals surface area contributed by atoms with Gasteiger partial charge >= 0.3 is 0 Å². The number of nitro groups is 1. The minimum absolute atomic E-state index is 0.0197. The number of ether oxygens (including phenoxy) is 1. The average Bonchev–Trinajstić information content (AvgIpc) is 2.99. The summed E-state index contributed by atoms with van der Waals surface area (Å²) in [4.78, 5) is 22.2. The molecule has 21 heavy (non-hydrogen) atoms. The molecule has 0 aromatic heterocycles. The zero-order chi connectivity index (χ0) is 15.2. The minimum Gasteiger partial charge on any atom is -0.376 e.